The second-order valence-electron chi connectivity index (χ2n) is 3.25. The van der Waals surface area contributed by atoms with Gasteiger partial charge in [0, 0.05) is 23.6 Å². The molecule has 15 heavy (non-hydrogen) atoms. The van der Waals surface area contributed by atoms with Gasteiger partial charge < -0.3 is 4.57 Å². The van der Waals surface area contributed by atoms with E-state index < -0.39 is 0 Å². The summed E-state index contributed by atoms with van der Waals surface area (Å²) in [6.45, 7) is 1.87. The van der Waals surface area contributed by atoms with Crippen LogP contribution in [0.3, 0.4) is 0 Å². The van der Waals surface area contributed by atoms with Gasteiger partial charge in [-0.2, -0.15) is 0 Å². The number of benzene rings is 1. The molecule has 1 aromatic carbocycles. The van der Waals surface area contributed by atoms with Gasteiger partial charge in [-0.05, 0) is 19.1 Å². The Morgan fingerprint density at radius 3 is 2.80 bits per heavy atom. The number of halogens is 2. The SMILES string of the molecule is Cc1nccn1-c1ccc(CCl)c(F)c1. The molecule has 2 rings (SSSR count). The van der Waals surface area contributed by atoms with Gasteiger partial charge in [0.25, 0.3) is 0 Å². The van der Waals surface area contributed by atoms with Crippen LogP contribution in [0, 0.1) is 12.7 Å². The van der Waals surface area contributed by atoms with Crippen LogP contribution in [0.2, 0.25) is 0 Å². The Kier molecular flexibility index (Phi) is 2.73. The van der Waals surface area contributed by atoms with Crippen molar-refractivity contribution in [2.24, 2.45) is 0 Å². The molecular weight excluding hydrogens is 215 g/mol. The third kappa shape index (κ3) is 1.88. The Labute approximate surface area is 92.3 Å². The van der Waals surface area contributed by atoms with Gasteiger partial charge in [0.1, 0.15) is 11.6 Å². The Morgan fingerprint density at radius 1 is 1.47 bits per heavy atom. The zero-order chi connectivity index (χ0) is 10.8. The quantitative estimate of drug-likeness (QED) is 0.717. The molecule has 78 valence electrons. The van der Waals surface area contributed by atoms with Gasteiger partial charge in [-0.1, -0.05) is 6.07 Å². The van der Waals surface area contributed by atoms with E-state index >= 15 is 0 Å². The predicted molar refractivity (Wildman–Crippen MR) is 57.8 cm³/mol. The van der Waals surface area contributed by atoms with Crippen LogP contribution in [0.1, 0.15) is 11.4 Å². The summed E-state index contributed by atoms with van der Waals surface area (Å²) >= 11 is 5.58. The van der Waals surface area contributed by atoms with Crippen molar-refractivity contribution in [2.75, 3.05) is 0 Å². The highest BCUT2D eigenvalue weighted by atomic mass is 35.5. The number of aromatic nitrogens is 2. The third-order valence-electron chi connectivity index (χ3n) is 2.28. The maximum atomic E-state index is 13.5. The van der Waals surface area contributed by atoms with E-state index in [-0.39, 0.29) is 11.7 Å². The van der Waals surface area contributed by atoms with Crippen LogP contribution in [0.5, 0.6) is 0 Å². The number of rotatable bonds is 2. The average molecular weight is 225 g/mol. The third-order valence-corrected chi connectivity index (χ3v) is 2.57. The van der Waals surface area contributed by atoms with Crippen LogP contribution >= 0.6 is 11.6 Å². The normalized spacial score (nSPS) is 10.6. The fourth-order valence-corrected chi connectivity index (χ4v) is 1.66. The van der Waals surface area contributed by atoms with E-state index in [9.17, 15) is 4.39 Å². The lowest BCUT2D eigenvalue weighted by atomic mass is 10.2. The second kappa shape index (κ2) is 4.03. The summed E-state index contributed by atoms with van der Waals surface area (Å²) in [4.78, 5) is 4.08. The zero-order valence-corrected chi connectivity index (χ0v) is 9.00. The largest absolute Gasteiger partial charge is 0.304 e. The molecular formula is C11H10ClFN2. The highest BCUT2D eigenvalue weighted by Gasteiger charge is 2.05. The summed E-state index contributed by atoms with van der Waals surface area (Å²) < 4.78 is 15.3. The Hall–Kier alpha value is -1.35. The molecule has 1 heterocycles. The van der Waals surface area contributed by atoms with Crippen molar-refractivity contribution in [1.29, 1.82) is 0 Å². The minimum absolute atomic E-state index is 0.190. The number of imidazole rings is 1. The van der Waals surface area contributed by atoms with Crippen molar-refractivity contribution in [3.63, 3.8) is 0 Å². The van der Waals surface area contributed by atoms with E-state index in [0.717, 1.165) is 11.5 Å². The zero-order valence-electron chi connectivity index (χ0n) is 8.24. The topological polar surface area (TPSA) is 17.8 Å². The number of hydrogen-bond donors (Lipinski definition) is 0. The first kappa shape index (κ1) is 10.2. The standard InChI is InChI=1S/C11H10ClFN2/c1-8-14-4-5-15(8)10-3-2-9(7-12)11(13)6-10/h2-6H,7H2,1H3. The highest BCUT2D eigenvalue weighted by molar-refractivity contribution is 6.17. The lowest BCUT2D eigenvalue weighted by Gasteiger charge is -2.06. The van der Waals surface area contributed by atoms with Gasteiger partial charge in [0.15, 0.2) is 0 Å². The van der Waals surface area contributed by atoms with Crippen LogP contribution in [-0.2, 0) is 5.88 Å². The fourth-order valence-electron chi connectivity index (χ4n) is 1.45. The van der Waals surface area contributed by atoms with Crippen LogP contribution in [0.15, 0.2) is 30.6 Å². The number of alkyl halides is 1. The highest BCUT2D eigenvalue weighted by Crippen LogP contribution is 2.16. The lowest BCUT2D eigenvalue weighted by Crippen LogP contribution is -1.97. The van der Waals surface area contributed by atoms with Crippen LogP contribution in [0.25, 0.3) is 5.69 Å². The molecule has 2 aromatic rings. The van der Waals surface area contributed by atoms with Gasteiger partial charge in [-0.25, -0.2) is 9.37 Å². The maximum absolute atomic E-state index is 13.5. The number of hydrogen-bond acceptors (Lipinski definition) is 1. The van der Waals surface area contributed by atoms with Crippen LogP contribution in [-0.4, -0.2) is 9.55 Å². The molecule has 0 aliphatic carbocycles. The molecule has 4 heteroatoms. The molecule has 0 saturated carbocycles. The second-order valence-corrected chi connectivity index (χ2v) is 3.52. The fraction of sp³-hybridized carbons (Fsp3) is 0.182. The van der Waals surface area contributed by atoms with Crippen molar-refractivity contribution in [1.82, 2.24) is 9.55 Å². The summed E-state index contributed by atoms with van der Waals surface area (Å²) in [5, 5.41) is 0. The van der Waals surface area contributed by atoms with Crippen LogP contribution < -0.4 is 0 Å². The first-order valence-corrected chi connectivity index (χ1v) is 5.10. The Bertz CT molecular complexity index is 479. The van der Waals surface area contributed by atoms with E-state index in [1.54, 1.807) is 18.5 Å². The summed E-state index contributed by atoms with van der Waals surface area (Å²) in [5.74, 6) is 0.735. The molecule has 0 N–H and O–H groups in total. The Morgan fingerprint density at radius 2 is 2.27 bits per heavy atom. The first-order valence-electron chi connectivity index (χ1n) is 4.57. The summed E-state index contributed by atoms with van der Waals surface area (Å²) in [5.41, 5.74) is 1.27. The van der Waals surface area contributed by atoms with E-state index in [2.05, 4.69) is 4.98 Å². The summed E-state index contributed by atoms with van der Waals surface area (Å²) in [6, 6.07) is 4.99. The van der Waals surface area contributed by atoms with Crippen molar-refractivity contribution >= 4 is 11.6 Å². The van der Waals surface area contributed by atoms with E-state index in [4.69, 9.17) is 11.6 Å². The van der Waals surface area contributed by atoms with Crippen molar-refractivity contribution in [2.45, 2.75) is 12.8 Å². The molecule has 0 atom stereocenters. The molecule has 1 aromatic heterocycles. The van der Waals surface area contributed by atoms with E-state index in [1.165, 1.54) is 6.07 Å². The van der Waals surface area contributed by atoms with E-state index in [1.807, 2.05) is 17.6 Å². The smallest absolute Gasteiger partial charge is 0.129 e. The molecule has 2 nitrogen and oxygen atoms in total. The number of nitrogens with zero attached hydrogens (tertiary/aromatic N) is 2. The molecule has 0 spiro atoms. The lowest BCUT2D eigenvalue weighted by molar-refractivity contribution is 0.615. The summed E-state index contributed by atoms with van der Waals surface area (Å²) in [6.07, 6.45) is 3.48. The molecule has 0 saturated heterocycles. The Balaban J connectivity index is 2.47. The van der Waals surface area contributed by atoms with Gasteiger partial charge >= 0.3 is 0 Å². The molecule has 0 amide bonds. The monoisotopic (exact) mass is 224 g/mol. The summed E-state index contributed by atoms with van der Waals surface area (Å²) in [7, 11) is 0. The van der Waals surface area contributed by atoms with Crippen LogP contribution in [0.4, 0.5) is 4.39 Å². The first-order chi connectivity index (χ1) is 7.22. The van der Waals surface area contributed by atoms with Crippen molar-refractivity contribution in [3.8, 4) is 5.69 Å². The van der Waals surface area contributed by atoms with Gasteiger partial charge in [0.2, 0.25) is 0 Å². The van der Waals surface area contributed by atoms with Crippen molar-refractivity contribution in [3.05, 3.63) is 47.8 Å². The van der Waals surface area contributed by atoms with Crippen molar-refractivity contribution < 1.29 is 4.39 Å². The van der Waals surface area contributed by atoms with Gasteiger partial charge in [0.05, 0.1) is 5.88 Å². The molecule has 0 radical (unpaired) electrons. The molecule has 0 unspecified atom stereocenters. The number of aryl methyl sites for hydroxylation is 1. The predicted octanol–water partition coefficient (Wildman–Crippen LogP) is 3.06. The molecule has 0 aliphatic heterocycles. The minimum atomic E-state index is -0.282. The maximum Gasteiger partial charge on any atom is 0.129 e. The van der Waals surface area contributed by atoms with Gasteiger partial charge in [-0.3, -0.25) is 0 Å². The molecule has 0 bridgehead atoms. The molecule has 0 aliphatic rings. The molecule has 0 fully saturated rings. The average Bonchev–Trinajstić information content (AvgIpc) is 2.64. The van der Waals surface area contributed by atoms with Gasteiger partial charge in [-0.15, -0.1) is 11.6 Å². The van der Waals surface area contributed by atoms with E-state index in [0.29, 0.717) is 5.56 Å². The minimum Gasteiger partial charge on any atom is -0.304 e.